The predicted molar refractivity (Wildman–Crippen MR) is 166 cm³/mol. The number of primary amides is 1. The van der Waals surface area contributed by atoms with Crippen LogP contribution in [-0.2, 0) is 20.9 Å². The van der Waals surface area contributed by atoms with Crippen LogP contribution in [0.4, 0.5) is 0 Å². The zero-order valence-corrected chi connectivity index (χ0v) is 25.7. The zero-order chi connectivity index (χ0) is 29.9. The fourth-order valence-electron chi connectivity index (χ4n) is 4.27. The summed E-state index contributed by atoms with van der Waals surface area (Å²) in [5, 5.41) is 2.74. The molecule has 6 heteroatoms. The van der Waals surface area contributed by atoms with Crippen molar-refractivity contribution in [1.29, 1.82) is 0 Å². The van der Waals surface area contributed by atoms with Crippen LogP contribution >= 0.6 is 0 Å². The summed E-state index contributed by atoms with van der Waals surface area (Å²) in [5.41, 5.74) is 9.10. The first-order valence-corrected chi connectivity index (χ1v) is 15.0. The molecule has 1 aliphatic carbocycles. The molecule has 40 heavy (non-hydrogen) atoms. The van der Waals surface area contributed by atoms with Crippen molar-refractivity contribution in [3.8, 4) is 0 Å². The third-order valence-corrected chi connectivity index (χ3v) is 6.44. The fraction of sp³-hybridized carbons (Fsp3) is 0.559. The molecule has 1 aliphatic rings. The maximum atomic E-state index is 12.9. The van der Waals surface area contributed by atoms with Crippen molar-refractivity contribution in [1.82, 2.24) is 10.2 Å². The van der Waals surface area contributed by atoms with E-state index in [4.69, 9.17) is 5.73 Å². The monoisotopic (exact) mass is 551 g/mol. The van der Waals surface area contributed by atoms with Gasteiger partial charge in [0.05, 0.1) is 6.54 Å². The summed E-state index contributed by atoms with van der Waals surface area (Å²) in [6.07, 6.45) is 6.22. The highest BCUT2D eigenvalue weighted by atomic mass is 16.2. The first-order chi connectivity index (χ1) is 19.1. The molecule has 3 rings (SSSR count). The molecule has 0 aliphatic heterocycles. The molecule has 0 bridgehead atoms. The quantitative estimate of drug-likeness (QED) is 0.288. The molecule has 2 aromatic carbocycles. The van der Waals surface area contributed by atoms with Crippen LogP contribution in [0.5, 0.6) is 0 Å². The Morgan fingerprint density at radius 3 is 2.15 bits per heavy atom. The standard InChI is InChI=1S/C24H37N3O3.C7H8.C3H8/c1-4-5-11-27(16-18-7-6-8-20(13-18)19-9-10-19)23(29)15-26-24(30)21(12-17(2)3)14-22(25)28;1-7-5-3-2-4-6-7;1-3-2/h6-8,13,17,19,21H,4-5,9-12,14-16H2,1-3H3,(H2,25,28)(H,26,30);2-6H,1H3;3H2,1-2H3/t21-;;/m1../s1. The van der Waals surface area contributed by atoms with Crippen LogP contribution < -0.4 is 11.1 Å². The number of aryl methyl sites for hydroxylation is 1. The summed E-state index contributed by atoms with van der Waals surface area (Å²) in [5.74, 6) is -0.433. The Morgan fingerprint density at radius 1 is 1.00 bits per heavy atom. The molecule has 0 spiro atoms. The Hall–Kier alpha value is -3.15. The van der Waals surface area contributed by atoms with E-state index < -0.39 is 11.8 Å². The second-order valence-corrected chi connectivity index (χ2v) is 11.3. The average molecular weight is 552 g/mol. The summed E-state index contributed by atoms with van der Waals surface area (Å²) < 4.78 is 0. The first-order valence-electron chi connectivity index (χ1n) is 15.0. The number of hydrogen-bond acceptors (Lipinski definition) is 3. The van der Waals surface area contributed by atoms with Gasteiger partial charge in [0.15, 0.2) is 0 Å². The molecule has 0 unspecified atom stereocenters. The van der Waals surface area contributed by atoms with Crippen LogP contribution in [0.2, 0.25) is 0 Å². The van der Waals surface area contributed by atoms with Crippen LogP contribution in [0.25, 0.3) is 0 Å². The molecule has 0 aromatic heterocycles. The van der Waals surface area contributed by atoms with Crippen molar-refractivity contribution in [2.75, 3.05) is 13.1 Å². The number of unbranched alkanes of at least 4 members (excludes halogenated alkanes) is 1. The van der Waals surface area contributed by atoms with E-state index in [9.17, 15) is 14.4 Å². The summed E-state index contributed by atoms with van der Waals surface area (Å²) in [4.78, 5) is 38.6. The molecule has 1 fully saturated rings. The van der Waals surface area contributed by atoms with Gasteiger partial charge >= 0.3 is 0 Å². The maximum absolute atomic E-state index is 12.9. The molecule has 0 saturated heterocycles. The lowest BCUT2D eigenvalue weighted by atomic mass is 9.93. The van der Waals surface area contributed by atoms with Gasteiger partial charge in [0.25, 0.3) is 0 Å². The summed E-state index contributed by atoms with van der Waals surface area (Å²) in [6, 6.07) is 18.7. The van der Waals surface area contributed by atoms with Crippen molar-refractivity contribution < 1.29 is 14.4 Å². The number of carbonyl (C=O) groups excluding carboxylic acids is 3. The van der Waals surface area contributed by atoms with E-state index in [1.165, 1.54) is 30.4 Å². The molecule has 3 N–H and O–H groups in total. The van der Waals surface area contributed by atoms with E-state index in [0.717, 1.165) is 18.4 Å². The highest BCUT2D eigenvalue weighted by Gasteiger charge is 2.25. The minimum Gasteiger partial charge on any atom is -0.370 e. The highest BCUT2D eigenvalue weighted by Crippen LogP contribution is 2.40. The van der Waals surface area contributed by atoms with Crippen molar-refractivity contribution in [3.05, 3.63) is 71.3 Å². The van der Waals surface area contributed by atoms with Gasteiger partial charge in [0.2, 0.25) is 17.7 Å². The van der Waals surface area contributed by atoms with Gasteiger partial charge < -0.3 is 16.0 Å². The minimum absolute atomic E-state index is 0.00567. The number of nitrogens with two attached hydrogens (primary N) is 1. The molecular weight excluding hydrogens is 498 g/mol. The summed E-state index contributed by atoms with van der Waals surface area (Å²) in [7, 11) is 0. The van der Waals surface area contributed by atoms with Gasteiger partial charge in [-0.25, -0.2) is 0 Å². The van der Waals surface area contributed by atoms with E-state index in [0.29, 0.717) is 25.4 Å². The van der Waals surface area contributed by atoms with Gasteiger partial charge in [-0.05, 0) is 55.6 Å². The van der Waals surface area contributed by atoms with Crippen molar-refractivity contribution >= 4 is 17.7 Å². The second kappa shape index (κ2) is 19.8. The Balaban J connectivity index is 0.000000673. The lowest BCUT2D eigenvalue weighted by Crippen LogP contribution is -2.43. The molecule has 3 amide bonds. The Kier molecular flexibility index (Phi) is 17.3. The largest absolute Gasteiger partial charge is 0.370 e. The fourth-order valence-corrected chi connectivity index (χ4v) is 4.27. The summed E-state index contributed by atoms with van der Waals surface area (Å²) >= 11 is 0. The van der Waals surface area contributed by atoms with Gasteiger partial charge in [0.1, 0.15) is 0 Å². The lowest BCUT2D eigenvalue weighted by Gasteiger charge is -2.24. The maximum Gasteiger partial charge on any atom is 0.242 e. The first kappa shape index (κ1) is 34.9. The number of amides is 3. The van der Waals surface area contributed by atoms with Crippen LogP contribution in [0, 0.1) is 18.8 Å². The van der Waals surface area contributed by atoms with Crippen LogP contribution in [0.3, 0.4) is 0 Å². The number of nitrogens with zero attached hydrogens (tertiary/aromatic N) is 1. The van der Waals surface area contributed by atoms with Gasteiger partial charge in [-0.15, -0.1) is 0 Å². The number of hydrogen-bond donors (Lipinski definition) is 2. The van der Waals surface area contributed by atoms with Gasteiger partial charge in [-0.1, -0.05) is 108 Å². The molecule has 0 radical (unpaired) electrons. The molecule has 1 saturated carbocycles. The van der Waals surface area contributed by atoms with Gasteiger partial charge in [0, 0.05) is 25.4 Å². The van der Waals surface area contributed by atoms with E-state index in [1.807, 2.05) is 36.9 Å². The Labute approximate surface area is 243 Å². The number of carbonyl (C=O) groups is 3. The Bertz CT molecular complexity index is 1000. The van der Waals surface area contributed by atoms with Crippen molar-refractivity contribution in [3.63, 3.8) is 0 Å². The smallest absolute Gasteiger partial charge is 0.242 e. The molecule has 6 nitrogen and oxygen atoms in total. The van der Waals surface area contributed by atoms with Crippen molar-refractivity contribution in [2.24, 2.45) is 17.6 Å². The topological polar surface area (TPSA) is 92.5 Å². The average Bonchev–Trinajstić information content (AvgIpc) is 3.76. The van der Waals surface area contributed by atoms with Crippen LogP contribution in [-0.4, -0.2) is 35.7 Å². The van der Waals surface area contributed by atoms with E-state index >= 15 is 0 Å². The number of rotatable bonds is 13. The number of benzene rings is 2. The predicted octanol–water partition coefficient (Wildman–Crippen LogP) is 6.76. The van der Waals surface area contributed by atoms with E-state index in [1.54, 1.807) is 0 Å². The number of nitrogens with one attached hydrogen (secondary N) is 1. The van der Waals surface area contributed by atoms with E-state index in [-0.39, 0.29) is 30.7 Å². The third kappa shape index (κ3) is 15.4. The third-order valence-electron chi connectivity index (χ3n) is 6.44. The minimum atomic E-state index is -0.498. The highest BCUT2D eigenvalue weighted by molar-refractivity contribution is 5.88. The molecular formula is C34H53N3O3. The zero-order valence-electron chi connectivity index (χ0n) is 25.7. The molecule has 2 aromatic rings. The molecule has 222 valence electrons. The van der Waals surface area contributed by atoms with E-state index in [2.05, 4.69) is 69.4 Å². The van der Waals surface area contributed by atoms with Crippen LogP contribution in [0.15, 0.2) is 54.6 Å². The second-order valence-electron chi connectivity index (χ2n) is 11.3. The lowest BCUT2D eigenvalue weighted by molar-refractivity contribution is -0.135. The molecule has 1 atom stereocenters. The van der Waals surface area contributed by atoms with Crippen LogP contribution in [0.1, 0.15) is 102 Å². The normalized spacial score (nSPS) is 12.8. The SMILES string of the molecule is CCC.CCCCN(Cc1cccc(C2CC2)c1)C(=O)CNC(=O)[C@@H](CC(N)=O)CC(C)C.Cc1ccccc1. The molecule has 0 heterocycles. The Morgan fingerprint density at radius 2 is 1.65 bits per heavy atom. The van der Waals surface area contributed by atoms with Crippen molar-refractivity contribution in [2.45, 2.75) is 99.0 Å². The van der Waals surface area contributed by atoms with Gasteiger partial charge in [-0.3, -0.25) is 14.4 Å². The van der Waals surface area contributed by atoms with Gasteiger partial charge in [-0.2, -0.15) is 0 Å². The summed E-state index contributed by atoms with van der Waals surface area (Å²) in [6.45, 7) is 13.6.